The van der Waals surface area contributed by atoms with Crippen LogP contribution in [0.15, 0.2) is 59.5 Å². The largest absolute Gasteiger partial charge is 0.495 e. The summed E-state index contributed by atoms with van der Waals surface area (Å²) in [5, 5.41) is 3.19. The third-order valence-electron chi connectivity index (χ3n) is 3.69. The highest BCUT2D eigenvalue weighted by atomic mass is 35.5. The standard InChI is InChI=1S/C18H16ClN3O3/c1-25-16-8-7-13(19)9-14(16)21-17(23)15-10-20-18(24)22(15)11-12-5-3-2-4-6-12/h2-10H,11H2,1H3,(H,20,24)(H,21,23). The van der Waals surface area contributed by atoms with Crippen molar-refractivity contribution in [2.24, 2.45) is 0 Å². The number of hydrogen-bond acceptors (Lipinski definition) is 3. The van der Waals surface area contributed by atoms with Crippen LogP contribution in [-0.2, 0) is 6.54 Å². The molecule has 0 saturated carbocycles. The molecule has 0 aliphatic heterocycles. The van der Waals surface area contributed by atoms with Crippen molar-refractivity contribution < 1.29 is 9.53 Å². The minimum atomic E-state index is -0.435. The van der Waals surface area contributed by atoms with E-state index in [1.165, 1.54) is 17.9 Å². The lowest BCUT2D eigenvalue weighted by Gasteiger charge is -2.11. The third kappa shape index (κ3) is 3.75. The number of ether oxygens (including phenoxy) is 1. The number of halogens is 1. The van der Waals surface area contributed by atoms with Gasteiger partial charge in [0.15, 0.2) is 0 Å². The second-order valence-corrected chi connectivity index (χ2v) is 5.79. The fourth-order valence-corrected chi connectivity index (χ4v) is 2.64. The molecule has 1 aromatic heterocycles. The lowest BCUT2D eigenvalue weighted by molar-refractivity contribution is 0.101. The van der Waals surface area contributed by atoms with Gasteiger partial charge in [-0.3, -0.25) is 9.36 Å². The topological polar surface area (TPSA) is 76.1 Å². The minimum absolute atomic E-state index is 0.218. The zero-order valence-corrected chi connectivity index (χ0v) is 14.2. The predicted molar refractivity (Wildman–Crippen MR) is 96.6 cm³/mol. The van der Waals surface area contributed by atoms with Crippen molar-refractivity contribution in [3.8, 4) is 5.75 Å². The minimum Gasteiger partial charge on any atom is -0.495 e. The van der Waals surface area contributed by atoms with Crippen molar-refractivity contribution >= 4 is 23.2 Å². The number of hydrogen-bond donors (Lipinski definition) is 2. The summed E-state index contributed by atoms with van der Waals surface area (Å²) >= 11 is 5.98. The number of rotatable bonds is 5. The molecule has 128 valence electrons. The van der Waals surface area contributed by atoms with Gasteiger partial charge in [0.2, 0.25) is 0 Å². The van der Waals surface area contributed by atoms with Crippen molar-refractivity contribution in [2.75, 3.05) is 12.4 Å². The predicted octanol–water partition coefficient (Wildman–Crippen LogP) is 3.14. The maximum atomic E-state index is 12.6. The Morgan fingerprint density at radius 3 is 2.72 bits per heavy atom. The van der Waals surface area contributed by atoms with Gasteiger partial charge in [-0.25, -0.2) is 4.79 Å². The van der Waals surface area contributed by atoms with Gasteiger partial charge in [-0.05, 0) is 23.8 Å². The lowest BCUT2D eigenvalue weighted by atomic mass is 10.2. The Bertz CT molecular complexity index is 948. The number of imidazole rings is 1. The Hall–Kier alpha value is -2.99. The number of nitrogens with zero attached hydrogens (tertiary/aromatic N) is 1. The highest BCUT2D eigenvalue weighted by molar-refractivity contribution is 6.31. The average Bonchev–Trinajstić information content (AvgIpc) is 2.97. The Morgan fingerprint density at radius 1 is 1.24 bits per heavy atom. The monoisotopic (exact) mass is 357 g/mol. The SMILES string of the molecule is COc1ccc(Cl)cc1NC(=O)c1c[nH]c(=O)n1Cc1ccccc1. The number of amides is 1. The third-order valence-corrected chi connectivity index (χ3v) is 3.93. The van der Waals surface area contributed by atoms with E-state index in [1.807, 2.05) is 30.3 Å². The summed E-state index contributed by atoms with van der Waals surface area (Å²) in [4.78, 5) is 27.2. The van der Waals surface area contributed by atoms with Crippen LogP contribution in [-0.4, -0.2) is 22.6 Å². The molecule has 0 unspecified atom stereocenters. The van der Waals surface area contributed by atoms with Crippen molar-refractivity contribution in [3.63, 3.8) is 0 Å². The summed E-state index contributed by atoms with van der Waals surface area (Å²) in [7, 11) is 1.50. The van der Waals surface area contributed by atoms with Gasteiger partial charge in [0.1, 0.15) is 11.4 Å². The Kier molecular flexibility index (Phi) is 4.90. The zero-order chi connectivity index (χ0) is 17.8. The van der Waals surface area contributed by atoms with Gasteiger partial charge in [0.05, 0.1) is 19.3 Å². The van der Waals surface area contributed by atoms with Gasteiger partial charge in [-0.2, -0.15) is 0 Å². The van der Waals surface area contributed by atoms with Gasteiger partial charge < -0.3 is 15.0 Å². The number of anilines is 1. The van der Waals surface area contributed by atoms with Crippen LogP contribution < -0.4 is 15.7 Å². The molecule has 1 amide bonds. The fraction of sp³-hybridized carbons (Fsp3) is 0.111. The van der Waals surface area contributed by atoms with E-state index >= 15 is 0 Å². The first kappa shape index (κ1) is 16.9. The molecule has 0 aliphatic carbocycles. The van der Waals surface area contributed by atoms with Gasteiger partial charge >= 0.3 is 5.69 Å². The molecule has 2 N–H and O–H groups in total. The number of carbonyl (C=O) groups excluding carboxylic acids is 1. The molecule has 0 aliphatic rings. The highest BCUT2D eigenvalue weighted by Crippen LogP contribution is 2.28. The molecule has 7 heteroatoms. The van der Waals surface area contributed by atoms with E-state index in [0.717, 1.165) is 5.56 Å². The second kappa shape index (κ2) is 7.27. The summed E-state index contributed by atoms with van der Waals surface area (Å²) in [6, 6.07) is 14.3. The van der Waals surface area contributed by atoms with Crippen LogP contribution in [0.25, 0.3) is 0 Å². The van der Waals surface area contributed by atoms with E-state index in [1.54, 1.807) is 18.2 Å². The first-order chi connectivity index (χ1) is 12.1. The molecule has 3 rings (SSSR count). The van der Waals surface area contributed by atoms with Crippen molar-refractivity contribution in [1.29, 1.82) is 0 Å². The fourth-order valence-electron chi connectivity index (χ4n) is 2.47. The second-order valence-electron chi connectivity index (χ2n) is 5.35. The Labute approximate surface area is 149 Å². The summed E-state index contributed by atoms with van der Waals surface area (Å²) in [6.45, 7) is 0.290. The number of aromatic amines is 1. The number of nitrogens with one attached hydrogen (secondary N) is 2. The van der Waals surface area contributed by atoms with Crippen LogP contribution in [0.1, 0.15) is 16.1 Å². The molecular weight excluding hydrogens is 342 g/mol. The van der Waals surface area contributed by atoms with Gasteiger partial charge in [0.25, 0.3) is 5.91 Å². The zero-order valence-electron chi connectivity index (χ0n) is 13.5. The first-order valence-corrected chi connectivity index (χ1v) is 7.93. The molecule has 0 bridgehead atoms. The van der Waals surface area contributed by atoms with Crippen LogP contribution in [0.5, 0.6) is 5.75 Å². The molecular formula is C18H16ClN3O3. The quantitative estimate of drug-likeness (QED) is 0.736. The number of methoxy groups -OCH3 is 1. The molecule has 0 spiro atoms. The van der Waals surface area contributed by atoms with Gasteiger partial charge in [0, 0.05) is 11.2 Å². The normalized spacial score (nSPS) is 10.5. The molecule has 1 heterocycles. The summed E-state index contributed by atoms with van der Waals surface area (Å²) in [5.41, 5.74) is 1.21. The molecule has 0 saturated heterocycles. The van der Waals surface area contributed by atoms with Crippen LogP contribution >= 0.6 is 11.6 Å². The van der Waals surface area contributed by atoms with E-state index in [9.17, 15) is 9.59 Å². The summed E-state index contributed by atoms with van der Waals surface area (Å²) in [6.07, 6.45) is 1.39. The maximum Gasteiger partial charge on any atom is 0.326 e. The van der Waals surface area contributed by atoms with Gasteiger partial charge in [-0.15, -0.1) is 0 Å². The molecule has 0 atom stereocenters. The van der Waals surface area contributed by atoms with E-state index in [4.69, 9.17) is 16.3 Å². The molecule has 0 radical (unpaired) electrons. The first-order valence-electron chi connectivity index (χ1n) is 7.55. The number of H-pyrrole nitrogens is 1. The van der Waals surface area contributed by atoms with Crippen LogP contribution in [0.4, 0.5) is 5.69 Å². The van der Waals surface area contributed by atoms with E-state index in [0.29, 0.717) is 23.0 Å². The molecule has 3 aromatic rings. The van der Waals surface area contributed by atoms with Crippen LogP contribution in [0.2, 0.25) is 5.02 Å². The smallest absolute Gasteiger partial charge is 0.326 e. The molecule has 2 aromatic carbocycles. The highest BCUT2D eigenvalue weighted by Gasteiger charge is 2.16. The van der Waals surface area contributed by atoms with Crippen molar-refractivity contribution in [3.05, 3.63) is 81.5 Å². The number of benzene rings is 2. The van der Waals surface area contributed by atoms with E-state index < -0.39 is 5.91 Å². The van der Waals surface area contributed by atoms with Crippen LogP contribution in [0, 0.1) is 0 Å². The van der Waals surface area contributed by atoms with E-state index in [-0.39, 0.29) is 11.4 Å². The average molecular weight is 358 g/mol. The summed E-state index contributed by atoms with van der Waals surface area (Å²) < 4.78 is 6.60. The molecule has 25 heavy (non-hydrogen) atoms. The maximum absolute atomic E-state index is 12.6. The number of aromatic nitrogens is 2. The van der Waals surface area contributed by atoms with Crippen molar-refractivity contribution in [2.45, 2.75) is 6.54 Å². The number of carbonyl (C=O) groups is 1. The lowest BCUT2D eigenvalue weighted by Crippen LogP contribution is -2.24. The Balaban J connectivity index is 1.89. The Morgan fingerprint density at radius 2 is 2.00 bits per heavy atom. The van der Waals surface area contributed by atoms with Gasteiger partial charge in [-0.1, -0.05) is 41.9 Å². The van der Waals surface area contributed by atoms with E-state index in [2.05, 4.69) is 10.3 Å². The molecule has 0 fully saturated rings. The van der Waals surface area contributed by atoms with Crippen molar-refractivity contribution in [1.82, 2.24) is 9.55 Å². The summed E-state index contributed by atoms with van der Waals surface area (Å²) in [5.74, 6) is 0.0417. The molecule has 6 nitrogen and oxygen atoms in total. The van der Waals surface area contributed by atoms with Crippen LogP contribution in [0.3, 0.4) is 0 Å².